The summed E-state index contributed by atoms with van der Waals surface area (Å²) < 4.78 is 21.6. The summed E-state index contributed by atoms with van der Waals surface area (Å²) in [5.41, 5.74) is 2.07. The van der Waals surface area contributed by atoms with E-state index in [1.54, 1.807) is 21.3 Å². The highest BCUT2D eigenvalue weighted by Gasteiger charge is 2.36. The number of methoxy groups -OCH3 is 3. The molecule has 0 aliphatic carbocycles. The molecule has 168 valence electrons. The van der Waals surface area contributed by atoms with Crippen LogP contribution in [0.4, 0.5) is 0 Å². The number of hydrogen-bond donors (Lipinski definition) is 2. The minimum absolute atomic E-state index is 0.465. The number of hydrogen-bond acceptors (Lipinski definition) is 6. The molecule has 0 aliphatic heterocycles. The average molecular weight is 436 g/mol. The molecule has 0 fully saturated rings. The average Bonchev–Trinajstić information content (AvgIpc) is 2.80. The van der Waals surface area contributed by atoms with Gasteiger partial charge < -0.3 is 28.9 Å². The second kappa shape index (κ2) is 11.0. The quantitative estimate of drug-likeness (QED) is 0.449. The Bertz CT molecular complexity index is 835. The van der Waals surface area contributed by atoms with Crippen molar-refractivity contribution in [2.24, 2.45) is 0 Å². The largest absolute Gasteiger partial charge is 0.634 e. The summed E-state index contributed by atoms with van der Waals surface area (Å²) in [4.78, 5) is 0. The molecule has 3 rings (SSSR count). The Morgan fingerprint density at radius 3 is 1.06 bits per heavy atom. The fourth-order valence-electron chi connectivity index (χ4n) is 3.88. The zero-order valence-corrected chi connectivity index (χ0v) is 18.7. The molecular formula is C25H29BO6. The summed E-state index contributed by atoms with van der Waals surface area (Å²) in [6.07, 6.45) is 1.39. The standard InChI is InChI=1S/C25H29BO6/c1-29-22-10-4-19(5-11-22)16-25(32-26(27)28,17-20-6-12-23(30-2)13-7-20)18-21-8-14-24(31-3)15-9-21/h4-15,27-28H,16-18H2,1-3H3. The zero-order valence-electron chi connectivity index (χ0n) is 18.7. The van der Waals surface area contributed by atoms with E-state index >= 15 is 0 Å². The molecule has 2 N–H and O–H groups in total. The van der Waals surface area contributed by atoms with Gasteiger partial charge in [-0.15, -0.1) is 0 Å². The van der Waals surface area contributed by atoms with Gasteiger partial charge in [-0.25, -0.2) is 0 Å². The maximum Gasteiger partial charge on any atom is 0.634 e. The van der Waals surface area contributed by atoms with Crippen molar-refractivity contribution >= 4 is 7.32 Å². The SMILES string of the molecule is COc1ccc(CC(Cc2ccc(OC)cc2)(Cc2ccc(OC)cc2)OB(O)O)cc1. The molecule has 0 bridgehead atoms. The third-order valence-electron chi connectivity index (χ3n) is 5.41. The van der Waals surface area contributed by atoms with Gasteiger partial charge in [0.15, 0.2) is 0 Å². The minimum atomic E-state index is -1.91. The van der Waals surface area contributed by atoms with Crippen LogP contribution in [-0.4, -0.2) is 44.3 Å². The molecule has 0 aromatic heterocycles. The van der Waals surface area contributed by atoms with Crippen LogP contribution in [0.2, 0.25) is 0 Å². The Morgan fingerprint density at radius 1 is 0.562 bits per heavy atom. The predicted octanol–water partition coefficient (Wildman–Crippen LogP) is 3.47. The minimum Gasteiger partial charge on any atom is -0.497 e. The van der Waals surface area contributed by atoms with Crippen molar-refractivity contribution in [1.29, 1.82) is 0 Å². The van der Waals surface area contributed by atoms with Crippen LogP contribution in [-0.2, 0) is 23.9 Å². The fourth-order valence-corrected chi connectivity index (χ4v) is 3.88. The molecule has 7 heteroatoms. The number of ether oxygens (including phenoxy) is 3. The monoisotopic (exact) mass is 436 g/mol. The second-order valence-electron chi connectivity index (χ2n) is 7.70. The second-order valence-corrected chi connectivity index (χ2v) is 7.70. The van der Waals surface area contributed by atoms with Crippen molar-refractivity contribution in [3.05, 3.63) is 89.5 Å². The Kier molecular flexibility index (Phi) is 8.17. The molecular weight excluding hydrogens is 407 g/mol. The fraction of sp³-hybridized carbons (Fsp3) is 0.280. The topological polar surface area (TPSA) is 77.4 Å². The zero-order chi connectivity index (χ0) is 23.0. The van der Waals surface area contributed by atoms with Gasteiger partial charge in [-0.3, -0.25) is 0 Å². The highest BCUT2D eigenvalue weighted by molar-refractivity contribution is 6.32. The van der Waals surface area contributed by atoms with Crippen molar-refractivity contribution in [2.45, 2.75) is 24.9 Å². The summed E-state index contributed by atoms with van der Waals surface area (Å²) in [6, 6.07) is 23.1. The van der Waals surface area contributed by atoms with Gasteiger partial charge >= 0.3 is 7.32 Å². The molecule has 3 aromatic rings. The smallest absolute Gasteiger partial charge is 0.497 e. The van der Waals surface area contributed by atoms with E-state index in [0.29, 0.717) is 19.3 Å². The van der Waals surface area contributed by atoms with E-state index in [1.807, 2.05) is 72.8 Å². The molecule has 0 radical (unpaired) electrons. The van der Waals surface area contributed by atoms with Gasteiger partial charge in [0.05, 0.1) is 26.9 Å². The molecule has 0 saturated heterocycles. The highest BCUT2D eigenvalue weighted by Crippen LogP contribution is 2.30. The lowest BCUT2D eigenvalue weighted by atomic mass is 9.81. The van der Waals surface area contributed by atoms with E-state index < -0.39 is 12.9 Å². The maximum atomic E-state index is 9.84. The maximum absolute atomic E-state index is 9.84. The first-order valence-electron chi connectivity index (χ1n) is 10.4. The summed E-state index contributed by atoms with van der Waals surface area (Å²) in [5, 5.41) is 19.7. The first-order chi connectivity index (χ1) is 15.4. The van der Waals surface area contributed by atoms with Crippen molar-refractivity contribution in [1.82, 2.24) is 0 Å². The van der Waals surface area contributed by atoms with Crippen LogP contribution < -0.4 is 14.2 Å². The van der Waals surface area contributed by atoms with Gasteiger partial charge in [-0.05, 0) is 53.1 Å². The van der Waals surface area contributed by atoms with Gasteiger partial charge in [-0.1, -0.05) is 36.4 Å². The molecule has 0 amide bonds. The van der Waals surface area contributed by atoms with Gasteiger partial charge in [0.25, 0.3) is 0 Å². The third-order valence-corrected chi connectivity index (χ3v) is 5.41. The van der Waals surface area contributed by atoms with E-state index in [0.717, 1.165) is 33.9 Å². The van der Waals surface area contributed by atoms with Crippen LogP contribution in [0.25, 0.3) is 0 Å². The van der Waals surface area contributed by atoms with Crippen LogP contribution in [0.15, 0.2) is 72.8 Å². The van der Waals surface area contributed by atoms with Crippen molar-refractivity contribution in [2.75, 3.05) is 21.3 Å². The van der Waals surface area contributed by atoms with Gasteiger partial charge in [0.2, 0.25) is 0 Å². The molecule has 3 aromatic carbocycles. The van der Waals surface area contributed by atoms with Crippen LogP contribution in [0.3, 0.4) is 0 Å². The van der Waals surface area contributed by atoms with Crippen molar-refractivity contribution < 1.29 is 28.9 Å². The molecule has 0 atom stereocenters. The molecule has 0 heterocycles. The van der Waals surface area contributed by atoms with Crippen molar-refractivity contribution in [3.63, 3.8) is 0 Å². The van der Waals surface area contributed by atoms with Crippen LogP contribution in [0, 0.1) is 0 Å². The Balaban J connectivity index is 1.97. The first-order valence-corrected chi connectivity index (χ1v) is 10.4. The summed E-state index contributed by atoms with van der Waals surface area (Å²) in [7, 11) is 2.96. The van der Waals surface area contributed by atoms with E-state index in [-0.39, 0.29) is 0 Å². The van der Waals surface area contributed by atoms with Gasteiger partial charge in [-0.2, -0.15) is 0 Å². The summed E-state index contributed by atoms with van der Waals surface area (Å²) in [6.45, 7) is 0. The third kappa shape index (κ3) is 6.50. The van der Waals surface area contributed by atoms with Crippen LogP contribution in [0.1, 0.15) is 16.7 Å². The van der Waals surface area contributed by atoms with E-state index in [1.165, 1.54) is 0 Å². The predicted molar refractivity (Wildman–Crippen MR) is 124 cm³/mol. The Labute approximate surface area is 189 Å². The molecule has 0 saturated carbocycles. The molecule has 0 spiro atoms. The highest BCUT2D eigenvalue weighted by atomic mass is 16.6. The van der Waals surface area contributed by atoms with E-state index in [4.69, 9.17) is 18.9 Å². The van der Waals surface area contributed by atoms with Gasteiger partial charge in [0, 0.05) is 19.3 Å². The lowest BCUT2D eigenvalue weighted by Gasteiger charge is -2.35. The Morgan fingerprint density at radius 2 is 0.844 bits per heavy atom. The molecule has 0 unspecified atom stereocenters. The summed E-state index contributed by atoms with van der Waals surface area (Å²) >= 11 is 0. The lowest BCUT2D eigenvalue weighted by molar-refractivity contribution is 0.0191. The van der Waals surface area contributed by atoms with Gasteiger partial charge in [0.1, 0.15) is 17.2 Å². The molecule has 6 nitrogen and oxygen atoms in total. The lowest BCUT2D eigenvalue weighted by Crippen LogP contribution is -2.45. The normalized spacial score (nSPS) is 11.2. The Hall–Kier alpha value is -3.00. The number of benzene rings is 3. The van der Waals surface area contributed by atoms with E-state index in [9.17, 15) is 10.0 Å². The van der Waals surface area contributed by atoms with Crippen molar-refractivity contribution in [3.8, 4) is 17.2 Å². The van der Waals surface area contributed by atoms with Crippen LogP contribution in [0.5, 0.6) is 17.2 Å². The first kappa shape index (κ1) is 23.7. The summed E-state index contributed by atoms with van der Waals surface area (Å²) in [5.74, 6) is 2.27. The molecule has 0 aliphatic rings. The number of rotatable bonds is 11. The molecule has 32 heavy (non-hydrogen) atoms. The van der Waals surface area contributed by atoms with Crippen LogP contribution >= 0.6 is 0 Å². The van der Waals surface area contributed by atoms with E-state index in [2.05, 4.69) is 0 Å².